The van der Waals surface area contributed by atoms with Gasteiger partial charge in [-0.1, -0.05) is 0 Å². The van der Waals surface area contributed by atoms with Gasteiger partial charge in [0, 0.05) is 31.4 Å². The molecule has 1 aliphatic rings. The highest BCUT2D eigenvalue weighted by atomic mass is 16.5. The SMILES string of the molecule is COC(=O)C1CCCN1C(=O)c1ccn(C)c(=O)c1. The van der Waals surface area contributed by atoms with Crippen LogP contribution in [-0.4, -0.2) is 41.0 Å². The van der Waals surface area contributed by atoms with Crippen molar-refractivity contribution in [3.05, 3.63) is 34.2 Å². The Morgan fingerprint density at radius 3 is 2.79 bits per heavy atom. The summed E-state index contributed by atoms with van der Waals surface area (Å²) in [4.78, 5) is 36.9. The first-order chi connectivity index (χ1) is 9.04. The molecule has 6 heteroatoms. The molecule has 1 unspecified atom stereocenters. The smallest absolute Gasteiger partial charge is 0.328 e. The first kappa shape index (κ1) is 13.3. The van der Waals surface area contributed by atoms with E-state index in [1.165, 1.54) is 22.6 Å². The van der Waals surface area contributed by atoms with Crippen LogP contribution in [0, 0.1) is 0 Å². The van der Waals surface area contributed by atoms with Crippen molar-refractivity contribution in [3.8, 4) is 0 Å². The van der Waals surface area contributed by atoms with E-state index in [0.717, 1.165) is 6.42 Å². The number of aromatic nitrogens is 1. The number of ether oxygens (including phenoxy) is 1. The van der Waals surface area contributed by atoms with Crippen LogP contribution >= 0.6 is 0 Å². The van der Waals surface area contributed by atoms with Crippen molar-refractivity contribution >= 4 is 11.9 Å². The van der Waals surface area contributed by atoms with Crippen molar-refractivity contribution in [2.75, 3.05) is 13.7 Å². The summed E-state index contributed by atoms with van der Waals surface area (Å²) in [6.07, 6.45) is 2.90. The Kier molecular flexibility index (Phi) is 3.69. The van der Waals surface area contributed by atoms with Crippen LogP contribution in [0.4, 0.5) is 0 Å². The molecular weight excluding hydrogens is 248 g/mol. The zero-order valence-corrected chi connectivity index (χ0v) is 11.0. The van der Waals surface area contributed by atoms with Gasteiger partial charge in [-0.3, -0.25) is 9.59 Å². The third-order valence-corrected chi connectivity index (χ3v) is 3.34. The van der Waals surface area contributed by atoms with Crippen LogP contribution in [0.3, 0.4) is 0 Å². The zero-order valence-electron chi connectivity index (χ0n) is 11.0. The zero-order chi connectivity index (χ0) is 14.0. The molecule has 6 nitrogen and oxygen atoms in total. The van der Waals surface area contributed by atoms with Gasteiger partial charge in [0.2, 0.25) is 0 Å². The third-order valence-electron chi connectivity index (χ3n) is 3.34. The molecule has 0 N–H and O–H groups in total. The second kappa shape index (κ2) is 5.26. The second-order valence-corrected chi connectivity index (χ2v) is 4.54. The molecule has 1 fully saturated rings. The van der Waals surface area contributed by atoms with E-state index < -0.39 is 12.0 Å². The molecule has 1 saturated heterocycles. The number of hydrogen-bond donors (Lipinski definition) is 0. The number of likely N-dealkylation sites (tertiary alicyclic amines) is 1. The normalized spacial score (nSPS) is 18.4. The second-order valence-electron chi connectivity index (χ2n) is 4.54. The fraction of sp³-hybridized carbons (Fsp3) is 0.462. The first-order valence-corrected chi connectivity index (χ1v) is 6.10. The van der Waals surface area contributed by atoms with Gasteiger partial charge in [0.1, 0.15) is 6.04 Å². The molecule has 19 heavy (non-hydrogen) atoms. The summed E-state index contributed by atoms with van der Waals surface area (Å²) in [6.45, 7) is 0.508. The number of nitrogens with zero attached hydrogens (tertiary/aromatic N) is 2. The fourth-order valence-corrected chi connectivity index (χ4v) is 2.24. The van der Waals surface area contributed by atoms with Crippen molar-refractivity contribution < 1.29 is 14.3 Å². The summed E-state index contributed by atoms with van der Waals surface area (Å²) < 4.78 is 6.08. The van der Waals surface area contributed by atoms with E-state index in [2.05, 4.69) is 0 Å². The molecule has 0 aliphatic carbocycles. The van der Waals surface area contributed by atoms with E-state index in [4.69, 9.17) is 4.74 Å². The molecule has 0 bridgehead atoms. The standard InChI is InChI=1S/C13H16N2O4/c1-14-7-5-9(8-11(14)16)12(17)15-6-3-4-10(15)13(18)19-2/h5,7-8,10H,3-4,6H2,1-2H3. The quantitative estimate of drug-likeness (QED) is 0.714. The third kappa shape index (κ3) is 2.52. The molecule has 1 aromatic heterocycles. The van der Waals surface area contributed by atoms with Crippen molar-refractivity contribution in [1.82, 2.24) is 9.47 Å². The topological polar surface area (TPSA) is 68.6 Å². The van der Waals surface area contributed by atoms with Crippen molar-refractivity contribution in [2.24, 2.45) is 7.05 Å². The van der Waals surface area contributed by atoms with Crippen LogP contribution in [0.5, 0.6) is 0 Å². The highest BCUT2D eigenvalue weighted by Crippen LogP contribution is 2.20. The van der Waals surface area contributed by atoms with Gasteiger partial charge in [-0.2, -0.15) is 0 Å². The highest BCUT2D eigenvalue weighted by Gasteiger charge is 2.35. The summed E-state index contributed by atoms with van der Waals surface area (Å²) in [5.41, 5.74) is 0.0542. The van der Waals surface area contributed by atoms with Crippen molar-refractivity contribution in [2.45, 2.75) is 18.9 Å². The van der Waals surface area contributed by atoms with Crippen LogP contribution in [0.15, 0.2) is 23.1 Å². The minimum absolute atomic E-state index is 0.250. The Bertz CT molecular complexity index is 564. The van der Waals surface area contributed by atoms with Crippen molar-refractivity contribution in [1.29, 1.82) is 0 Å². The predicted molar refractivity (Wildman–Crippen MR) is 67.8 cm³/mol. The fourth-order valence-electron chi connectivity index (χ4n) is 2.24. The number of aryl methyl sites for hydroxylation is 1. The number of hydrogen-bond acceptors (Lipinski definition) is 4. The van der Waals surface area contributed by atoms with Gasteiger partial charge in [0.05, 0.1) is 7.11 Å². The molecule has 102 valence electrons. The summed E-state index contributed by atoms with van der Waals surface area (Å²) in [7, 11) is 2.92. The summed E-state index contributed by atoms with van der Waals surface area (Å²) >= 11 is 0. The Hall–Kier alpha value is -2.11. The highest BCUT2D eigenvalue weighted by molar-refractivity contribution is 5.97. The molecule has 0 aromatic carbocycles. The lowest BCUT2D eigenvalue weighted by Crippen LogP contribution is -2.41. The maximum absolute atomic E-state index is 12.3. The maximum atomic E-state index is 12.3. The summed E-state index contributed by atoms with van der Waals surface area (Å²) in [5, 5.41) is 0. The maximum Gasteiger partial charge on any atom is 0.328 e. The van der Waals surface area contributed by atoms with E-state index in [1.807, 2.05) is 0 Å². The molecule has 1 aromatic rings. The summed E-state index contributed by atoms with van der Waals surface area (Å²) in [6, 6.07) is 2.33. The van der Waals surface area contributed by atoms with Gasteiger partial charge < -0.3 is 14.2 Å². The van der Waals surface area contributed by atoms with E-state index in [0.29, 0.717) is 18.5 Å². The van der Waals surface area contributed by atoms with Crippen LogP contribution < -0.4 is 5.56 Å². The number of carbonyl (C=O) groups excluding carboxylic acids is 2. The molecule has 1 amide bonds. The average Bonchev–Trinajstić information content (AvgIpc) is 2.89. The van der Waals surface area contributed by atoms with E-state index in [9.17, 15) is 14.4 Å². The number of rotatable bonds is 2. The lowest BCUT2D eigenvalue weighted by molar-refractivity contribution is -0.145. The van der Waals surface area contributed by atoms with Gasteiger partial charge in [-0.15, -0.1) is 0 Å². The average molecular weight is 264 g/mol. The lowest BCUT2D eigenvalue weighted by Gasteiger charge is -2.22. The largest absolute Gasteiger partial charge is 0.467 e. The van der Waals surface area contributed by atoms with Gasteiger partial charge in [-0.25, -0.2) is 4.79 Å². The Labute approximate surface area is 110 Å². The Morgan fingerprint density at radius 1 is 1.42 bits per heavy atom. The number of carbonyl (C=O) groups is 2. The molecule has 1 atom stereocenters. The number of esters is 1. The molecule has 2 rings (SSSR count). The molecular formula is C13H16N2O4. The Morgan fingerprint density at radius 2 is 2.16 bits per heavy atom. The van der Waals surface area contributed by atoms with Crippen LogP contribution in [-0.2, 0) is 16.6 Å². The first-order valence-electron chi connectivity index (χ1n) is 6.10. The number of amides is 1. The van der Waals surface area contributed by atoms with E-state index >= 15 is 0 Å². The van der Waals surface area contributed by atoms with Gasteiger partial charge >= 0.3 is 5.97 Å². The molecule has 1 aliphatic heterocycles. The van der Waals surface area contributed by atoms with Crippen molar-refractivity contribution in [3.63, 3.8) is 0 Å². The molecule has 2 heterocycles. The van der Waals surface area contributed by atoms with E-state index in [1.54, 1.807) is 19.3 Å². The Balaban J connectivity index is 2.25. The lowest BCUT2D eigenvalue weighted by atomic mass is 10.2. The van der Waals surface area contributed by atoms with Crippen LogP contribution in [0.2, 0.25) is 0 Å². The minimum Gasteiger partial charge on any atom is -0.467 e. The number of pyridine rings is 1. The molecule has 0 radical (unpaired) electrons. The summed E-state index contributed by atoms with van der Waals surface area (Å²) in [5.74, 6) is -0.708. The van der Waals surface area contributed by atoms with Gasteiger partial charge in [0.15, 0.2) is 0 Å². The molecule has 0 spiro atoms. The van der Waals surface area contributed by atoms with E-state index in [-0.39, 0.29) is 11.5 Å². The monoisotopic (exact) mass is 264 g/mol. The minimum atomic E-state index is -0.540. The van der Waals surface area contributed by atoms with Crippen LogP contribution in [0.25, 0.3) is 0 Å². The van der Waals surface area contributed by atoms with Gasteiger partial charge in [-0.05, 0) is 18.9 Å². The number of methoxy groups -OCH3 is 1. The molecule has 0 saturated carbocycles. The van der Waals surface area contributed by atoms with Crippen LogP contribution in [0.1, 0.15) is 23.2 Å². The predicted octanol–water partition coefficient (Wildman–Crippen LogP) is 0.163. The van der Waals surface area contributed by atoms with Gasteiger partial charge in [0.25, 0.3) is 11.5 Å².